The summed E-state index contributed by atoms with van der Waals surface area (Å²) in [4.78, 5) is 26.0. The Hall–Kier alpha value is -0.900. The molecule has 1 rings (SSSR count). The summed E-state index contributed by atoms with van der Waals surface area (Å²) in [6, 6.07) is -0.215. The molecule has 2 amide bonds. The van der Waals surface area contributed by atoms with E-state index in [0.29, 0.717) is 6.42 Å². The molecule has 0 aliphatic carbocycles. The van der Waals surface area contributed by atoms with Crippen molar-refractivity contribution in [3.63, 3.8) is 0 Å². The maximum Gasteiger partial charge on any atom is 0.246 e. The molecule has 0 aromatic rings. The average molecular weight is 184 g/mol. The molecule has 0 bridgehead atoms. The molecule has 4 heteroatoms. The van der Waals surface area contributed by atoms with Gasteiger partial charge >= 0.3 is 0 Å². The number of carbonyl (C=O) groups is 2. The van der Waals surface area contributed by atoms with Gasteiger partial charge in [0.05, 0.1) is 12.5 Å². The number of carbonyl (C=O) groups excluding carboxylic acids is 2. The quantitative estimate of drug-likeness (QED) is 0.583. The Morgan fingerprint density at radius 3 is 2.23 bits per heavy atom. The lowest BCUT2D eigenvalue weighted by Gasteiger charge is -2.23. The fourth-order valence-electron chi connectivity index (χ4n) is 1.69. The number of hydrogen-bond donors (Lipinski definition) is 0. The second kappa shape index (κ2) is 3.87. The highest BCUT2D eigenvalue weighted by Gasteiger charge is 2.38. The zero-order valence-electron chi connectivity index (χ0n) is 8.41. The van der Waals surface area contributed by atoms with Gasteiger partial charge < -0.3 is 0 Å². The topological polar surface area (TPSA) is 40.6 Å². The third kappa shape index (κ3) is 1.72. The fourth-order valence-corrected chi connectivity index (χ4v) is 1.69. The maximum atomic E-state index is 11.5. The molecule has 1 aliphatic heterocycles. The Morgan fingerprint density at radius 1 is 1.38 bits per heavy atom. The number of nitrogens with zero attached hydrogens (tertiary/aromatic N) is 2. The fraction of sp³-hybridized carbons (Fsp3) is 0.778. The van der Waals surface area contributed by atoms with E-state index in [2.05, 4.69) is 0 Å². The van der Waals surface area contributed by atoms with Crippen LogP contribution in [0.3, 0.4) is 0 Å². The first kappa shape index (κ1) is 10.2. The van der Waals surface area contributed by atoms with E-state index < -0.39 is 0 Å². The summed E-state index contributed by atoms with van der Waals surface area (Å²) in [6.45, 7) is 5.63. The zero-order chi connectivity index (χ0) is 10.0. The van der Waals surface area contributed by atoms with E-state index in [9.17, 15) is 9.59 Å². The van der Waals surface area contributed by atoms with Gasteiger partial charge in [0.15, 0.2) is 0 Å². The van der Waals surface area contributed by atoms with Crippen molar-refractivity contribution < 1.29 is 9.59 Å². The minimum absolute atomic E-state index is 0.0614. The van der Waals surface area contributed by atoms with Crippen LogP contribution in [0.2, 0.25) is 0 Å². The number of hydrogen-bond acceptors (Lipinski definition) is 3. The summed E-state index contributed by atoms with van der Waals surface area (Å²) >= 11 is 0. The van der Waals surface area contributed by atoms with Crippen molar-refractivity contribution in [1.82, 2.24) is 9.80 Å². The summed E-state index contributed by atoms with van der Waals surface area (Å²) in [5.41, 5.74) is 0. The number of rotatable bonds is 3. The highest BCUT2D eigenvalue weighted by Crippen LogP contribution is 2.16. The number of likely N-dealkylation sites (N-methyl/N-ethyl adjacent to an activating group) is 2. The van der Waals surface area contributed by atoms with Crippen LogP contribution < -0.4 is 0 Å². The van der Waals surface area contributed by atoms with Gasteiger partial charge in [-0.1, -0.05) is 13.8 Å². The van der Waals surface area contributed by atoms with Gasteiger partial charge in [0.25, 0.3) is 0 Å². The van der Waals surface area contributed by atoms with Crippen LogP contribution in [0.5, 0.6) is 0 Å². The smallest absolute Gasteiger partial charge is 0.246 e. The monoisotopic (exact) mass is 184 g/mol. The van der Waals surface area contributed by atoms with Crippen LogP contribution >= 0.6 is 0 Å². The van der Waals surface area contributed by atoms with E-state index in [1.54, 1.807) is 7.05 Å². The Balaban J connectivity index is 2.72. The Labute approximate surface area is 78.5 Å². The molecular weight excluding hydrogens is 168 g/mol. The Bertz CT molecular complexity index is 224. The molecule has 1 aliphatic rings. The minimum atomic E-state index is -0.215. The lowest BCUT2D eigenvalue weighted by Crippen LogP contribution is -2.40. The number of imide groups is 1. The van der Waals surface area contributed by atoms with Crippen molar-refractivity contribution >= 4 is 11.8 Å². The molecule has 1 unspecified atom stereocenters. The lowest BCUT2D eigenvalue weighted by molar-refractivity contribution is -0.138. The minimum Gasteiger partial charge on any atom is -0.292 e. The van der Waals surface area contributed by atoms with Crippen molar-refractivity contribution in [1.29, 1.82) is 0 Å². The molecule has 0 spiro atoms. The van der Waals surface area contributed by atoms with Crippen LogP contribution in [0.1, 0.15) is 20.3 Å². The molecular formula is C9H16N2O2. The predicted molar refractivity (Wildman–Crippen MR) is 49.1 cm³/mol. The van der Waals surface area contributed by atoms with Gasteiger partial charge in [-0.2, -0.15) is 0 Å². The van der Waals surface area contributed by atoms with Crippen molar-refractivity contribution in [2.24, 2.45) is 0 Å². The van der Waals surface area contributed by atoms with Gasteiger partial charge in [-0.25, -0.2) is 0 Å². The summed E-state index contributed by atoms with van der Waals surface area (Å²) < 4.78 is 0. The third-order valence-corrected chi connectivity index (χ3v) is 2.61. The van der Waals surface area contributed by atoms with Crippen LogP contribution in [0.4, 0.5) is 0 Å². The van der Waals surface area contributed by atoms with Gasteiger partial charge in [0.1, 0.15) is 0 Å². The predicted octanol–water partition coefficient (Wildman–Crippen LogP) is 0.0855. The average Bonchev–Trinajstić information content (AvgIpc) is 2.36. The second-order valence-electron chi connectivity index (χ2n) is 3.23. The number of amides is 2. The van der Waals surface area contributed by atoms with E-state index in [1.165, 1.54) is 4.90 Å². The molecule has 1 heterocycles. The van der Waals surface area contributed by atoms with Gasteiger partial charge in [0, 0.05) is 7.05 Å². The number of likely N-dealkylation sites (tertiary alicyclic amines) is 1. The summed E-state index contributed by atoms with van der Waals surface area (Å²) in [5.74, 6) is -0.129. The van der Waals surface area contributed by atoms with E-state index in [0.717, 1.165) is 13.1 Å². The van der Waals surface area contributed by atoms with Crippen LogP contribution in [0.25, 0.3) is 0 Å². The normalized spacial score (nSPS) is 23.4. The molecule has 0 saturated carbocycles. The molecule has 4 nitrogen and oxygen atoms in total. The SMILES string of the molecule is CCN(CC)C1CC(=O)N(C)C1=O. The molecule has 0 N–H and O–H groups in total. The first-order chi connectivity index (χ1) is 6.11. The van der Waals surface area contributed by atoms with E-state index in [4.69, 9.17) is 0 Å². The molecule has 1 atom stereocenters. The van der Waals surface area contributed by atoms with E-state index in [-0.39, 0.29) is 17.9 Å². The maximum absolute atomic E-state index is 11.5. The molecule has 1 saturated heterocycles. The molecule has 0 aromatic carbocycles. The van der Waals surface area contributed by atoms with Gasteiger partial charge in [0.2, 0.25) is 11.8 Å². The Kier molecular flexibility index (Phi) is 3.03. The molecule has 13 heavy (non-hydrogen) atoms. The van der Waals surface area contributed by atoms with E-state index in [1.807, 2.05) is 18.7 Å². The van der Waals surface area contributed by atoms with Gasteiger partial charge in [-0.15, -0.1) is 0 Å². The standard InChI is InChI=1S/C9H16N2O2/c1-4-11(5-2)7-6-8(12)10(3)9(7)13/h7H,4-6H2,1-3H3. The van der Waals surface area contributed by atoms with Crippen LogP contribution in [0, 0.1) is 0 Å². The van der Waals surface area contributed by atoms with Crippen molar-refractivity contribution in [2.45, 2.75) is 26.3 Å². The highest BCUT2D eigenvalue weighted by atomic mass is 16.2. The first-order valence-corrected chi connectivity index (χ1v) is 4.66. The zero-order valence-corrected chi connectivity index (χ0v) is 8.41. The summed E-state index contributed by atoms with van der Waals surface area (Å²) in [6.07, 6.45) is 0.344. The van der Waals surface area contributed by atoms with Gasteiger partial charge in [-0.3, -0.25) is 19.4 Å². The van der Waals surface area contributed by atoms with Crippen molar-refractivity contribution in [3.05, 3.63) is 0 Å². The van der Waals surface area contributed by atoms with E-state index >= 15 is 0 Å². The van der Waals surface area contributed by atoms with Gasteiger partial charge in [-0.05, 0) is 13.1 Å². The molecule has 0 aromatic heterocycles. The van der Waals surface area contributed by atoms with Crippen LogP contribution in [-0.2, 0) is 9.59 Å². The largest absolute Gasteiger partial charge is 0.292 e. The van der Waals surface area contributed by atoms with Crippen LogP contribution in [0.15, 0.2) is 0 Å². The third-order valence-electron chi connectivity index (χ3n) is 2.61. The second-order valence-corrected chi connectivity index (χ2v) is 3.23. The first-order valence-electron chi connectivity index (χ1n) is 4.66. The lowest BCUT2D eigenvalue weighted by atomic mass is 10.2. The van der Waals surface area contributed by atoms with Crippen molar-refractivity contribution in [2.75, 3.05) is 20.1 Å². The Morgan fingerprint density at radius 2 is 1.92 bits per heavy atom. The molecule has 0 radical (unpaired) electrons. The van der Waals surface area contributed by atoms with Crippen molar-refractivity contribution in [3.8, 4) is 0 Å². The van der Waals surface area contributed by atoms with Crippen LogP contribution in [-0.4, -0.2) is 47.8 Å². The summed E-state index contributed by atoms with van der Waals surface area (Å²) in [7, 11) is 1.55. The summed E-state index contributed by atoms with van der Waals surface area (Å²) in [5, 5.41) is 0. The molecule has 1 fully saturated rings. The highest BCUT2D eigenvalue weighted by molar-refractivity contribution is 6.05. The molecule has 74 valence electrons.